The quantitative estimate of drug-likeness (QED) is 0.795. The Balaban J connectivity index is 1.97. The van der Waals surface area contributed by atoms with Gasteiger partial charge in [0, 0.05) is 36.8 Å². The van der Waals surface area contributed by atoms with Gasteiger partial charge in [-0.2, -0.15) is 0 Å². The van der Waals surface area contributed by atoms with Crippen molar-refractivity contribution in [2.75, 3.05) is 33.3 Å². The highest BCUT2D eigenvalue weighted by molar-refractivity contribution is 5.35. The first kappa shape index (κ1) is 17.3. The summed E-state index contributed by atoms with van der Waals surface area (Å²) in [6, 6.07) is 8.79. The normalized spacial score (nSPS) is 18.3. The molecule has 1 aromatic carbocycles. The predicted octanol–water partition coefficient (Wildman–Crippen LogP) is 3.81. The van der Waals surface area contributed by atoms with Crippen molar-refractivity contribution in [2.24, 2.45) is 5.92 Å². The van der Waals surface area contributed by atoms with Crippen molar-refractivity contribution < 1.29 is 4.74 Å². The van der Waals surface area contributed by atoms with Crippen molar-refractivity contribution in [3.63, 3.8) is 0 Å². The largest absolute Gasteiger partial charge is 0.496 e. The van der Waals surface area contributed by atoms with E-state index >= 15 is 0 Å². The van der Waals surface area contributed by atoms with Gasteiger partial charge in [-0.15, -0.1) is 0 Å². The lowest BCUT2D eigenvalue weighted by molar-refractivity contribution is -0.00661. The molecule has 0 bridgehead atoms. The zero-order valence-corrected chi connectivity index (χ0v) is 15.1. The van der Waals surface area contributed by atoms with E-state index < -0.39 is 0 Å². The molecule has 0 radical (unpaired) electrons. The summed E-state index contributed by atoms with van der Waals surface area (Å²) in [4.78, 5) is 5.14. The van der Waals surface area contributed by atoms with Crippen molar-refractivity contribution in [2.45, 2.75) is 46.2 Å². The smallest absolute Gasteiger partial charge is 0.123 e. The molecule has 0 N–H and O–H groups in total. The van der Waals surface area contributed by atoms with Gasteiger partial charge < -0.3 is 4.74 Å². The van der Waals surface area contributed by atoms with Crippen LogP contribution in [0.25, 0.3) is 0 Å². The van der Waals surface area contributed by atoms with E-state index in [1.165, 1.54) is 25.2 Å². The lowest BCUT2D eigenvalue weighted by Gasteiger charge is -2.49. The van der Waals surface area contributed by atoms with E-state index in [1.54, 1.807) is 7.11 Å². The summed E-state index contributed by atoms with van der Waals surface area (Å²) in [5.74, 6) is 1.79. The molecular weight excluding hydrogens is 272 g/mol. The fourth-order valence-electron chi connectivity index (χ4n) is 3.33. The summed E-state index contributed by atoms with van der Waals surface area (Å²) in [5.41, 5.74) is 1.60. The van der Waals surface area contributed by atoms with E-state index in [-0.39, 0.29) is 0 Å². The second-order valence-corrected chi connectivity index (χ2v) is 7.45. The highest BCUT2D eigenvalue weighted by atomic mass is 16.5. The monoisotopic (exact) mass is 304 g/mol. The molecule has 0 amide bonds. The average molecular weight is 304 g/mol. The molecule has 124 valence electrons. The number of benzene rings is 1. The van der Waals surface area contributed by atoms with Crippen LogP contribution in [0.5, 0.6) is 5.75 Å². The van der Waals surface area contributed by atoms with Crippen LogP contribution >= 0.6 is 0 Å². The maximum absolute atomic E-state index is 5.53. The van der Waals surface area contributed by atoms with Crippen LogP contribution < -0.4 is 4.74 Å². The Morgan fingerprint density at radius 1 is 1.27 bits per heavy atom. The molecule has 22 heavy (non-hydrogen) atoms. The fraction of sp³-hybridized carbons (Fsp3) is 0.684. The van der Waals surface area contributed by atoms with Crippen molar-refractivity contribution in [1.29, 1.82) is 0 Å². The second-order valence-electron chi connectivity index (χ2n) is 7.45. The van der Waals surface area contributed by atoms with Crippen LogP contribution in [-0.4, -0.2) is 48.6 Å². The summed E-state index contributed by atoms with van der Waals surface area (Å²) in [6.07, 6.45) is 0. The summed E-state index contributed by atoms with van der Waals surface area (Å²) >= 11 is 0. The zero-order valence-electron chi connectivity index (χ0n) is 15.1. The molecule has 1 heterocycles. The number of para-hydroxylation sites is 1. The average Bonchev–Trinajstić information content (AvgIpc) is 2.44. The Bertz CT molecular complexity index is 475. The molecule has 0 aromatic heterocycles. The van der Waals surface area contributed by atoms with Crippen LogP contribution in [0.15, 0.2) is 24.3 Å². The summed E-state index contributed by atoms with van der Waals surface area (Å²) < 4.78 is 5.53. The van der Waals surface area contributed by atoms with Gasteiger partial charge in [-0.1, -0.05) is 25.1 Å². The minimum atomic E-state index is 0.307. The Morgan fingerprint density at radius 2 is 1.91 bits per heavy atom. The molecule has 1 atom stereocenters. The Morgan fingerprint density at radius 3 is 2.45 bits per heavy atom. The molecule has 0 unspecified atom stereocenters. The van der Waals surface area contributed by atoms with Crippen molar-refractivity contribution >= 4 is 0 Å². The van der Waals surface area contributed by atoms with Crippen molar-refractivity contribution in [3.05, 3.63) is 29.8 Å². The third-order valence-electron chi connectivity index (χ3n) is 4.94. The Labute approximate surface area is 136 Å². The molecular formula is C19H32N2O. The van der Waals surface area contributed by atoms with E-state index in [0.29, 0.717) is 11.6 Å². The first-order chi connectivity index (χ1) is 10.4. The lowest BCUT2D eigenvalue weighted by atomic mass is 9.91. The highest BCUT2D eigenvalue weighted by Crippen LogP contribution is 2.31. The van der Waals surface area contributed by atoms with Gasteiger partial charge in [0.1, 0.15) is 5.75 Å². The highest BCUT2D eigenvalue weighted by Gasteiger charge is 2.35. The van der Waals surface area contributed by atoms with Crippen molar-refractivity contribution in [3.8, 4) is 5.75 Å². The van der Waals surface area contributed by atoms with E-state index in [4.69, 9.17) is 4.74 Å². The Kier molecular flexibility index (Phi) is 5.51. The van der Waals surface area contributed by atoms with Crippen LogP contribution in [0.3, 0.4) is 0 Å². The first-order valence-electron chi connectivity index (χ1n) is 8.48. The number of rotatable bonds is 6. The molecule has 1 aliphatic rings. The molecule has 0 saturated carbocycles. The lowest BCUT2D eigenvalue weighted by Crippen LogP contribution is -2.58. The van der Waals surface area contributed by atoms with E-state index in [0.717, 1.165) is 18.2 Å². The number of nitrogens with zero attached hydrogens (tertiary/aromatic N) is 2. The van der Waals surface area contributed by atoms with E-state index in [2.05, 4.69) is 62.6 Å². The summed E-state index contributed by atoms with van der Waals surface area (Å²) in [5, 5.41) is 0. The van der Waals surface area contributed by atoms with Gasteiger partial charge in [0.2, 0.25) is 0 Å². The van der Waals surface area contributed by atoms with Gasteiger partial charge >= 0.3 is 0 Å². The third kappa shape index (κ3) is 3.82. The maximum atomic E-state index is 5.53. The van der Waals surface area contributed by atoms with Gasteiger partial charge in [0.05, 0.1) is 7.11 Å². The molecule has 1 saturated heterocycles. The molecule has 3 heteroatoms. The minimum absolute atomic E-state index is 0.307. The van der Waals surface area contributed by atoms with Crippen LogP contribution in [0.2, 0.25) is 0 Å². The van der Waals surface area contributed by atoms with E-state index in [1.807, 2.05) is 6.07 Å². The molecule has 1 aliphatic heterocycles. The van der Waals surface area contributed by atoms with Gasteiger partial charge in [-0.05, 0) is 46.2 Å². The second kappa shape index (κ2) is 7.01. The summed E-state index contributed by atoms with van der Waals surface area (Å²) in [7, 11) is 1.76. The number of ether oxygens (including phenoxy) is 1. The van der Waals surface area contributed by atoms with Crippen LogP contribution in [0.4, 0.5) is 0 Å². The predicted molar refractivity (Wildman–Crippen MR) is 93.5 cm³/mol. The van der Waals surface area contributed by atoms with Gasteiger partial charge in [0.15, 0.2) is 0 Å². The molecule has 2 rings (SSSR count). The number of methoxy groups -OCH3 is 1. The zero-order chi connectivity index (χ0) is 16.3. The summed E-state index contributed by atoms with van der Waals surface area (Å²) in [6.45, 7) is 16.1. The molecule has 1 fully saturated rings. The van der Waals surface area contributed by atoms with Crippen LogP contribution in [-0.2, 0) is 0 Å². The van der Waals surface area contributed by atoms with E-state index in [9.17, 15) is 0 Å². The molecule has 0 aliphatic carbocycles. The number of likely N-dealkylation sites (tertiary alicyclic amines) is 1. The Hall–Kier alpha value is -1.06. The maximum Gasteiger partial charge on any atom is 0.123 e. The fourth-order valence-corrected chi connectivity index (χ4v) is 3.33. The third-order valence-corrected chi connectivity index (χ3v) is 4.94. The van der Waals surface area contributed by atoms with Crippen LogP contribution in [0, 0.1) is 5.92 Å². The van der Waals surface area contributed by atoms with Crippen LogP contribution in [0.1, 0.15) is 46.2 Å². The van der Waals surface area contributed by atoms with Gasteiger partial charge in [0.25, 0.3) is 0 Å². The topological polar surface area (TPSA) is 15.7 Å². The van der Waals surface area contributed by atoms with Crippen molar-refractivity contribution in [1.82, 2.24) is 9.80 Å². The number of hydrogen-bond acceptors (Lipinski definition) is 3. The van der Waals surface area contributed by atoms with Gasteiger partial charge in [-0.3, -0.25) is 9.80 Å². The number of hydrogen-bond donors (Lipinski definition) is 0. The minimum Gasteiger partial charge on any atom is -0.496 e. The molecule has 0 spiro atoms. The molecule has 1 aromatic rings. The first-order valence-corrected chi connectivity index (χ1v) is 8.48. The van der Waals surface area contributed by atoms with Gasteiger partial charge in [-0.25, -0.2) is 0 Å². The molecule has 3 nitrogen and oxygen atoms in total. The standard InChI is InChI=1S/C19H32N2O/c1-7-20(12-16-13-21(14-16)19(3,4)5)15(2)17-10-8-9-11-18(17)22-6/h8-11,15-16H,7,12-14H2,1-6H3/t15-/m0/s1. The SMILES string of the molecule is CCN(CC1CN(C(C)(C)C)C1)[C@@H](C)c1ccccc1OC.